The quantitative estimate of drug-likeness (QED) is 0.895. The van der Waals surface area contributed by atoms with Gasteiger partial charge < -0.3 is 5.11 Å². The summed E-state index contributed by atoms with van der Waals surface area (Å²) in [6.45, 7) is 1.45. The van der Waals surface area contributed by atoms with Crippen molar-refractivity contribution in [3.05, 3.63) is 27.5 Å². The number of halogens is 3. The molecule has 1 N–H and O–H groups in total. The van der Waals surface area contributed by atoms with Gasteiger partial charge in [-0.1, -0.05) is 15.9 Å². The van der Waals surface area contributed by atoms with Crippen molar-refractivity contribution in [2.45, 2.75) is 13.3 Å². The van der Waals surface area contributed by atoms with E-state index in [9.17, 15) is 13.6 Å². The smallest absolute Gasteiger partial charge is 0.354 e. The Morgan fingerprint density at radius 1 is 1.64 bits per heavy atom. The molecular weight excluding hydrogens is 260 g/mol. The van der Waals surface area contributed by atoms with Crippen LogP contribution in [0.1, 0.15) is 28.2 Å². The van der Waals surface area contributed by atoms with Gasteiger partial charge in [0.2, 0.25) is 0 Å². The number of carbonyl (C=O) groups is 1. The molecule has 14 heavy (non-hydrogen) atoms. The fourth-order valence-corrected chi connectivity index (χ4v) is 1.34. The van der Waals surface area contributed by atoms with Crippen LogP contribution in [0.2, 0.25) is 0 Å². The molecule has 76 valence electrons. The van der Waals surface area contributed by atoms with Crippen LogP contribution in [0.5, 0.6) is 0 Å². The maximum absolute atomic E-state index is 12.4. The molecule has 1 aromatic heterocycles. The third kappa shape index (κ3) is 2.06. The van der Waals surface area contributed by atoms with Gasteiger partial charge in [0.25, 0.3) is 6.43 Å². The summed E-state index contributed by atoms with van der Waals surface area (Å²) in [6, 6.07) is 1.20. The van der Waals surface area contributed by atoms with Crippen LogP contribution in [0.15, 0.2) is 10.5 Å². The summed E-state index contributed by atoms with van der Waals surface area (Å²) < 4.78 is 25.1. The van der Waals surface area contributed by atoms with Gasteiger partial charge in [0.1, 0.15) is 11.4 Å². The summed E-state index contributed by atoms with van der Waals surface area (Å²) in [4.78, 5) is 13.9. The molecule has 0 aliphatic carbocycles. The molecule has 0 aliphatic rings. The largest absolute Gasteiger partial charge is 0.477 e. The number of hydrogen-bond acceptors (Lipinski definition) is 2. The minimum atomic E-state index is -2.77. The van der Waals surface area contributed by atoms with E-state index in [1.54, 1.807) is 0 Å². The maximum atomic E-state index is 12.4. The zero-order valence-corrected chi connectivity index (χ0v) is 8.68. The molecule has 3 nitrogen and oxygen atoms in total. The maximum Gasteiger partial charge on any atom is 0.354 e. The first-order chi connectivity index (χ1) is 6.43. The van der Waals surface area contributed by atoms with Crippen LogP contribution in [0, 0.1) is 6.92 Å². The molecule has 0 fully saturated rings. The molecule has 0 spiro atoms. The van der Waals surface area contributed by atoms with E-state index in [-0.39, 0.29) is 5.56 Å². The highest BCUT2D eigenvalue weighted by atomic mass is 79.9. The van der Waals surface area contributed by atoms with E-state index in [4.69, 9.17) is 5.11 Å². The molecule has 0 aliphatic heterocycles. The fraction of sp³-hybridized carbons (Fsp3) is 0.250. The first-order valence-corrected chi connectivity index (χ1v) is 4.41. The van der Waals surface area contributed by atoms with E-state index >= 15 is 0 Å². The number of aromatic nitrogens is 1. The monoisotopic (exact) mass is 265 g/mol. The molecule has 0 unspecified atom stereocenters. The Bertz CT molecular complexity index is 382. The third-order valence-corrected chi connectivity index (χ3v) is 2.50. The van der Waals surface area contributed by atoms with Crippen LogP contribution in [-0.2, 0) is 0 Å². The van der Waals surface area contributed by atoms with Crippen molar-refractivity contribution in [2.75, 3.05) is 0 Å². The molecule has 0 atom stereocenters. The van der Waals surface area contributed by atoms with Gasteiger partial charge in [0.05, 0.1) is 0 Å². The van der Waals surface area contributed by atoms with Crippen molar-refractivity contribution in [3.8, 4) is 0 Å². The fourth-order valence-electron chi connectivity index (χ4n) is 0.919. The van der Waals surface area contributed by atoms with Gasteiger partial charge in [-0.3, -0.25) is 0 Å². The highest BCUT2D eigenvalue weighted by Crippen LogP contribution is 2.26. The van der Waals surface area contributed by atoms with Crippen LogP contribution < -0.4 is 0 Å². The lowest BCUT2D eigenvalue weighted by Gasteiger charge is -2.06. The third-order valence-electron chi connectivity index (χ3n) is 1.67. The van der Waals surface area contributed by atoms with Crippen LogP contribution in [-0.4, -0.2) is 16.1 Å². The molecule has 0 saturated heterocycles. The predicted molar refractivity (Wildman–Crippen MR) is 48.6 cm³/mol. The Kier molecular flexibility index (Phi) is 3.15. The molecular formula is C8H6BrF2NO2. The molecule has 0 bridgehead atoms. The SMILES string of the molecule is Cc1c(Br)cc(C(=O)O)nc1C(F)F. The average Bonchev–Trinajstić information content (AvgIpc) is 2.08. The Labute approximate surface area is 86.9 Å². The van der Waals surface area contributed by atoms with Crippen molar-refractivity contribution in [2.24, 2.45) is 0 Å². The van der Waals surface area contributed by atoms with Gasteiger partial charge in [-0.25, -0.2) is 18.6 Å². The van der Waals surface area contributed by atoms with Gasteiger partial charge in [-0.05, 0) is 18.6 Å². The van der Waals surface area contributed by atoms with Gasteiger partial charge in [0.15, 0.2) is 0 Å². The zero-order valence-electron chi connectivity index (χ0n) is 7.09. The van der Waals surface area contributed by atoms with E-state index in [1.807, 2.05) is 0 Å². The van der Waals surface area contributed by atoms with E-state index in [0.29, 0.717) is 4.47 Å². The van der Waals surface area contributed by atoms with Crippen molar-refractivity contribution in [1.29, 1.82) is 0 Å². The first-order valence-electron chi connectivity index (χ1n) is 3.62. The normalized spacial score (nSPS) is 10.6. The zero-order chi connectivity index (χ0) is 10.9. The molecule has 0 aromatic carbocycles. The molecule has 0 amide bonds. The van der Waals surface area contributed by atoms with E-state index in [0.717, 1.165) is 0 Å². The minimum absolute atomic E-state index is 0.255. The second kappa shape index (κ2) is 4.00. The first kappa shape index (κ1) is 11.0. The number of carboxylic acid groups (broad SMARTS) is 1. The number of aromatic carboxylic acids is 1. The molecule has 6 heteroatoms. The van der Waals surface area contributed by atoms with Crippen LogP contribution in [0.3, 0.4) is 0 Å². The lowest BCUT2D eigenvalue weighted by atomic mass is 10.2. The highest BCUT2D eigenvalue weighted by Gasteiger charge is 2.18. The number of pyridine rings is 1. The molecule has 1 aromatic rings. The Morgan fingerprint density at radius 3 is 2.64 bits per heavy atom. The summed E-state index contributed by atoms with van der Waals surface area (Å²) in [5, 5.41) is 8.58. The molecule has 0 saturated carbocycles. The molecule has 1 heterocycles. The van der Waals surface area contributed by atoms with Crippen molar-refractivity contribution in [1.82, 2.24) is 4.98 Å². The Morgan fingerprint density at radius 2 is 2.21 bits per heavy atom. The van der Waals surface area contributed by atoms with Crippen molar-refractivity contribution < 1.29 is 18.7 Å². The topological polar surface area (TPSA) is 50.2 Å². The van der Waals surface area contributed by atoms with Crippen LogP contribution >= 0.6 is 15.9 Å². The highest BCUT2D eigenvalue weighted by molar-refractivity contribution is 9.10. The summed E-state index contributed by atoms with van der Waals surface area (Å²) in [5.74, 6) is -1.33. The Balaban J connectivity index is 3.35. The molecule has 1 rings (SSSR count). The number of alkyl halides is 2. The standard InChI is InChI=1S/C8H6BrF2NO2/c1-3-4(9)2-5(8(13)14)12-6(3)7(10)11/h2,7H,1H3,(H,13,14). The summed E-state index contributed by atoms with van der Waals surface area (Å²) in [5.41, 5.74) is -0.639. The average molecular weight is 266 g/mol. The second-order valence-electron chi connectivity index (χ2n) is 2.61. The minimum Gasteiger partial charge on any atom is -0.477 e. The van der Waals surface area contributed by atoms with Gasteiger partial charge in [-0.15, -0.1) is 0 Å². The summed E-state index contributed by atoms with van der Waals surface area (Å²) in [7, 11) is 0. The van der Waals surface area contributed by atoms with Crippen molar-refractivity contribution in [3.63, 3.8) is 0 Å². The van der Waals surface area contributed by atoms with Gasteiger partial charge >= 0.3 is 5.97 Å². The van der Waals surface area contributed by atoms with Gasteiger partial charge in [-0.2, -0.15) is 0 Å². The van der Waals surface area contributed by atoms with E-state index in [1.165, 1.54) is 13.0 Å². The molecule has 0 radical (unpaired) electrons. The van der Waals surface area contributed by atoms with E-state index in [2.05, 4.69) is 20.9 Å². The summed E-state index contributed by atoms with van der Waals surface area (Å²) >= 11 is 3.00. The van der Waals surface area contributed by atoms with Crippen molar-refractivity contribution >= 4 is 21.9 Å². The van der Waals surface area contributed by atoms with Crippen LogP contribution in [0.4, 0.5) is 8.78 Å². The predicted octanol–water partition coefficient (Wildman–Crippen LogP) is 2.79. The second-order valence-corrected chi connectivity index (χ2v) is 3.46. The lowest BCUT2D eigenvalue weighted by molar-refractivity contribution is 0.0688. The number of nitrogens with zero attached hydrogens (tertiary/aromatic N) is 1. The van der Waals surface area contributed by atoms with Crippen LogP contribution in [0.25, 0.3) is 0 Å². The number of hydrogen-bond donors (Lipinski definition) is 1. The Hall–Kier alpha value is -1.04. The lowest BCUT2D eigenvalue weighted by Crippen LogP contribution is -2.05. The summed E-state index contributed by atoms with van der Waals surface area (Å²) in [6.07, 6.45) is -2.77. The van der Waals surface area contributed by atoms with Gasteiger partial charge in [0, 0.05) is 4.47 Å². The number of carboxylic acids is 1. The number of rotatable bonds is 2. The van der Waals surface area contributed by atoms with E-state index < -0.39 is 23.8 Å².